The molecule has 0 fully saturated rings. The number of rotatable bonds is 8. The monoisotopic (exact) mass is 378 g/mol. The summed E-state index contributed by atoms with van der Waals surface area (Å²) < 4.78 is 9.35. The minimum absolute atomic E-state index is 0.206. The zero-order valence-corrected chi connectivity index (χ0v) is 16.4. The maximum Gasteiger partial charge on any atom is 0.508 e. The molecule has 0 atom stereocenters. The summed E-state index contributed by atoms with van der Waals surface area (Å²) in [5.41, 5.74) is 4.85. The van der Waals surface area contributed by atoms with Crippen molar-refractivity contribution in [1.82, 2.24) is 9.88 Å². The van der Waals surface area contributed by atoms with Crippen LogP contribution in [0, 0.1) is 6.92 Å². The predicted octanol–water partition coefficient (Wildman–Crippen LogP) is 4.82. The van der Waals surface area contributed by atoms with Crippen LogP contribution in [0.15, 0.2) is 66.7 Å². The normalized spacial score (nSPS) is 11.4. The maximum atomic E-state index is 11.0. The molecule has 0 radical (unpaired) electrons. The molecule has 0 spiro atoms. The summed E-state index contributed by atoms with van der Waals surface area (Å²) >= 11 is 0. The van der Waals surface area contributed by atoms with Crippen molar-refractivity contribution >= 4 is 17.1 Å². The Balaban J connectivity index is 1.67. The van der Waals surface area contributed by atoms with Gasteiger partial charge in [0, 0.05) is 30.8 Å². The summed E-state index contributed by atoms with van der Waals surface area (Å²) in [6.45, 7) is 4.68. The molecule has 146 valence electrons. The highest BCUT2D eigenvalue weighted by molar-refractivity contribution is 5.81. The van der Waals surface area contributed by atoms with Gasteiger partial charge in [-0.15, -0.1) is 0 Å². The molecular formula is C23H26N2O3. The van der Waals surface area contributed by atoms with E-state index in [2.05, 4.69) is 70.1 Å². The van der Waals surface area contributed by atoms with E-state index in [-0.39, 0.29) is 6.61 Å². The van der Waals surface area contributed by atoms with Crippen LogP contribution in [-0.2, 0) is 22.6 Å². The first kappa shape index (κ1) is 19.7. The average molecular weight is 378 g/mol. The van der Waals surface area contributed by atoms with Gasteiger partial charge in [-0.05, 0) is 42.1 Å². The molecule has 2 aromatic carbocycles. The summed E-state index contributed by atoms with van der Waals surface area (Å²) in [6.07, 6.45) is 3.18. The molecule has 0 bridgehead atoms. The quantitative estimate of drug-likeness (QED) is 0.451. The number of aromatic nitrogens is 1. The number of hydrogen-bond acceptors (Lipinski definition) is 4. The van der Waals surface area contributed by atoms with E-state index in [1.54, 1.807) is 0 Å². The third kappa shape index (κ3) is 5.72. The van der Waals surface area contributed by atoms with E-state index in [4.69, 9.17) is 4.74 Å². The number of methoxy groups -OCH3 is 1. The minimum Gasteiger partial charge on any atom is -0.438 e. The Morgan fingerprint density at radius 3 is 2.68 bits per heavy atom. The topological polar surface area (TPSA) is 54.6 Å². The molecule has 5 nitrogen and oxygen atoms in total. The molecule has 0 aliphatic heterocycles. The average Bonchev–Trinajstić information content (AvgIpc) is 3.09. The fourth-order valence-corrected chi connectivity index (χ4v) is 3.13. The highest BCUT2D eigenvalue weighted by atomic mass is 16.7. The summed E-state index contributed by atoms with van der Waals surface area (Å²) in [4.78, 5) is 16.9. The number of aromatic amines is 1. The molecule has 3 rings (SSSR count). The highest BCUT2D eigenvalue weighted by Gasteiger charge is 2.08. The van der Waals surface area contributed by atoms with Crippen molar-refractivity contribution in [2.75, 3.05) is 20.3 Å². The molecule has 0 saturated heterocycles. The van der Waals surface area contributed by atoms with Gasteiger partial charge in [-0.2, -0.15) is 0 Å². The Bertz CT molecular complexity index is 931. The van der Waals surface area contributed by atoms with Gasteiger partial charge in [0.25, 0.3) is 0 Å². The number of aryl methyl sites for hydroxylation is 1. The first-order chi connectivity index (χ1) is 13.6. The van der Waals surface area contributed by atoms with Gasteiger partial charge in [-0.1, -0.05) is 48.0 Å². The molecule has 1 N–H and O–H groups in total. The van der Waals surface area contributed by atoms with E-state index in [1.807, 2.05) is 18.2 Å². The third-order valence-corrected chi connectivity index (χ3v) is 4.47. The van der Waals surface area contributed by atoms with E-state index >= 15 is 0 Å². The summed E-state index contributed by atoms with van der Waals surface area (Å²) in [5.74, 6) is 0. The molecule has 0 saturated carbocycles. The number of benzene rings is 2. The van der Waals surface area contributed by atoms with Crippen LogP contribution in [0.5, 0.6) is 0 Å². The lowest BCUT2D eigenvalue weighted by Crippen LogP contribution is -2.23. The van der Waals surface area contributed by atoms with Gasteiger partial charge in [0.1, 0.15) is 6.61 Å². The molecular weight excluding hydrogens is 352 g/mol. The van der Waals surface area contributed by atoms with Crippen molar-refractivity contribution in [2.24, 2.45) is 0 Å². The van der Waals surface area contributed by atoms with Crippen LogP contribution in [0.4, 0.5) is 4.79 Å². The Hall–Kier alpha value is -3.05. The zero-order valence-electron chi connectivity index (χ0n) is 16.4. The van der Waals surface area contributed by atoms with Crippen LogP contribution in [0.2, 0.25) is 0 Å². The Kier molecular flexibility index (Phi) is 6.87. The number of nitrogens with zero attached hydrogens (tertiary/aromatic N) is 1. The van der Waals surface area contributed by atoms with Crippen LogP contribution >= 0.6 is 0 Å². The fraction of sp³-hybridized carbons (Fsp3) is 0.261. The second-order valence-electron chi connectivity index (χ2n) is 6.78. The van der Waals surface area contributed by atoms with Gasteiger partial charge in [0.15, 0.2) is 0 Å². The van der Waals surface area contributed by atoms with Gasteiger partial charge in [-0.25, -0.2) is 4.79 Å². The summed E-state index contributed by atoms with van der Waals surface area (Å²) in [6, 6.07) is 19.0. The number of ether oxygens (including phenoxy) is 2. The predicted molar refractivity (Wildman–Crippen MR) is 111 cm³/mol. The number of hydrogen-bond donors (Lipinski definition) is 1. The number of carbonyl (C=O) groups is 1. The van der Waals surface area contributed by atoms with Gasteiger partial charge < -0.3 is 14.5 Å². The molecule has 5 heteroatoms. The van der Waals surface area contributed by atoms with Crippen LogP contribution in [0.1, 0.15) is 16.8 Å². The van der Waals surface area contributed by atoms with E-state index in [1.165, 1.54) is 29.3 Å². The van der Waals surface area contributed by atoms with Crippen LogP contribution in [-0.4, -0.2) is 36.3 Å². The smallest absolute Gasteiger partial charge is 0.438 e. The minimum atomic E-state index is -0.667. The number of nitrogens with one attached hydrogen (secondary N) is 1. The largest absolute Gasteiger partial charge is 0.508 e. The van der Waals surface area contributed by atoms with Crippen molar-refractivity contribution in [3.63, 3.8) is 0 Å². The molecule has 0 aliphatic carbocycles. The Morgan fingerprint density at radius 2 is 1.89 bits per heavy atom. The van der Waals surface area contributed by atoms with Crippen molar-refractivity contribution in [3.05, 3.63) is 83.6 Å². The summed E-state index contributed by atoms with van der Waals surface area (Å²) in [5, 5.41) is 1.23. The second kappa shape index (κ2) is 9.76. The molecule has 0 unspecified atom stereocenters. The maximum absolute atomic E-state index is 11.0. The van der Waals surface area contributed by atoms with Crippen molar-refractivity contribution in [3.8, 4) is 0 Å². The van der Waals surface area contributed by atoms with Crippen LogP contribution < -0.4 is 0 Å². The SMILES string of the molecule is COC(=O)OC/C=C/CN(Cc1ccccc1)Cc1cc2cc(C)ccc2[nH]1. The highest BCUT2D eigenvalue weighted by Crippen LogP contribution is 2.19. The number of fused-ring (bicyclic) bond motifs is 1. The third-order valence-electron chi connectivity index (χ3n) is 4.47. The van der Waals surface area contributed by atoms with Crippen molar-refractivity contribution < 1.29 is 14.3 Å². The summed E-state index contributed by atoms with van der Waals surface area (Å²) in [7, 11) is 1.30. The lowest BCUT2D eigenvalue weighted by molar-refractivity contribution is 0.0817. The molecule has 1 aromatic heterocycles. The van der Waals surface area contributed by atoms with Crippen LogP contribution in [0.25, 0.3) is 10.9 Å². The van der Waals surface area contributed by atoms with Gasteiger partial charge >= 0.3 is 6.16 Å². The lowest BCUT2D eigenvalue weighted by atomic mass is 10.2. The Morgan fingerprint density at radius 1 is 1.07 bits per heavy atom. The van der Waals surface area contributed by atoms with Crippen molar-refractivity contribution in [1.29, 1.82) is 0 Å². The van der Waals surface area contributed by atoms with Gasteiger partial charge in [-0.3, -0.25) is 4.90 Å². The van der Waals surface area contributed by atoms with Crippen LogP contribution in [0.3, 0.4) is 0 Å². The van der Waals surface area contributed by atoms with Crippen molar-refractivity contribution in [2.45, 2.75) is 20.0 Å². The number of H-pyrrole nitrogens is 1. The first-order valence-corrected chi connectivity index (χ1v) is 9.34. The first-order valence-electron chi connectivity index (χ1n) is 9.34. The fourth-order valence-electron chi connectivity index (χ4n) is 3.13. The van der Waals surface area contributed by atoms with E-state index in [0.29, 0.717) is 0 Å². The molecule has 1 heterocycles. The van der Waals surface area contributed by atoms with Gasteiger partial charge in [0.05, 0.1) is 7.11 Å². The molecule has 0 aliphatic rings. The van der Waals surface area contributed by atoms with E-state index < -0.39 is 6.16 Å². The second-order valence-corrected chi connectivity index (χ2v) is 6.78. The molecule has 28 heavy (non-hydrogen) atoms. The van der Waals surface area contributed by atoms with E-state index in [9.17, 15) is 4.79 Å². The standard InChI is InChI=1S/C23H26N2O3/c1-18-10-11-22-20(14-18)15-21(24-22)17-25(16-19-8-4-3-5-9-19)12-6-7-13-28-23(26)27-2/h3-11,14-15,24H,12-13,16-17H2,1-2H3/b7-6+. The lowest BCUT2D eigenvalue weighted by Gasteiger charge is -2.20. The molecule has 3 aromatic rings. The zero-order chi connectivity index (χ0) is 19.8. The number of carbonyl (C=O) groups excluding carboxylic acids is 1. The Labute approximate surface area is 165 Å². The van der Waals surface area contributed by atoms with Gasteiger partial charge in [0.2, 0.25) is 0 Å². The van der Waals surface area contributed by atoms with E-state index in [0.717, 1.165) is 25.2 Å². The molecule has 0 amide bonds.